The summed E-state index contributed by atoms with van der Waals surface area (Å²) in [6.07, 6.45) is 0. The van der Waals surface area contributed by atoms with Gasteiger partial charge in [0.25, 0.3) is 15.9 Å². The Morgan fingerprint density at radius 2 is 1.71 bits per heavy atom. The number of amides is 1. The first kappa shape index (κ1) is 23.3. The molecule has 1 N–H and O–H groups in total. The van der Waals surface area contributed by atoms with Crippen LogP contribution in [0.3, 0.4) is 0 Å². The number of hydrogen-bond acceptors (Lipinski definition) is 6. The molecule has 1 aliphatic heterocycles. The number of aryl methyl sites for hydroxylation is 1. The second-order valence-corrected chi connectivity index (χ2v) is 9.62. The Kier molecular flexibility index (Phi) is 6.83. The Morgan fingerprint density at radius 3 is 2.44 bits per heavy atom. The third-order valence-corrected chi connectivity index (χ3v) is 7.00. The maximum atomic E-state index is 13.4. The molecule has 0 aromatic heterocycles. The lowest BCUT2D eigenvalue weighted by molar-refractivity contribution is -0.119. The van der Waals surface area contributed by atoms with Crippen molar-refractivity contribution in [1.82, 2.24) is 5.43 Å². The number of hydrogen-bond donors (Lipinski definition) is 1. The summed E-state index contributed by atoms with van der Waals surface area (Å²) in [7, 11) is -3.97. The summed E-state index contributed by atoms with van der Waals surface area (Å²) in [4.78, 5) is 12.9. The fraction of sp³-hybridized carbons (Fsp3) is 0.200. The molecule has 0 radical (unpaired) electrons. The van der Waals surface area contributed by atoms with E-state index in [1.54, 1.807) is 55.5 Å². The van der Waals surface area contributed by atoms with E-state index >= 15 is 0 Å². The number of benzene rings is 3. The number of nitrogens with one attached hydrogen (secondary N) is 1. The van der Waals surface area contributed by atoms with Gasteiger partial charge in [-0.25, -0.2) is 13.8 Å². The average molecular weight is 480 g/mol. The van der Waals surface area contributed by atoms with Crippen molar-refractivity contribution >= 4 is 27.3 Å². The summed E-state index contributed by atoms with van der Waals surface area (Å²) >= 11 is 0. The maximum absolute atomic E-state index is 13.4. The molecule has 0 atom stereocenters. The van der Waals surface area contributed by atoms with Gasteiger partial charge in [-0.05, 0) is 61.9 Å². The molecule has 0 saturated carbocycles. The first-order valence-electron chi connectivity index (χ1n) is 10.7. The van der Waals surface area contributed by atoms with Crippen molar-refractivity contribution in [1.29, 1.82) is 0 Å². The molecular formula is C25H25N3O5S. The molecular weight excluding hydrogens is 454 g/mol. The summed E-state index contributed by atoms with van der Waals surface area (Å²) in [6.45, 7) is 4.13. The summed E-state index contributed by atoms with van der Waals surface area (Å²) < 4.78 is 38.9. The summed E-state index contributed by atoms with van der Waals surface area (Å²) in [5.74, 6) is 0.703. The van der Waals surface area contributed by atoms with Gasteiger partial charge in [-0.2, -0.15) is 5.10 Å². The van der Waals surface area contributed by atoms with Crippen LogP contribution in [0.1, 0.15) is 18.1 Å². The van der Waals surface area contributed by atoms with E-state index in [2.05, 4.69) is 10.5 Å². The molecule has 1 heterocycles. The van der Waals surface area contributed by atoms with Gasteiger partial charge in [0, 0.05) is 5.56 Å². The van der Waals surface area contributed by atoms with E-state index in [1.165, 1.54) is 12.1 Å². The Bertz CT molecular complexity index is 1320. The van der Waals surface area contributed by atoms with Crippen LogP contribution in [0.2, 0.25) is 0 Å². The molecule has 9 heteroatoms. The first-order valence-corrected chi connectivity index (χ1v) is 12.2. The number of carbonyl (C=O) groups is 1. The number of rotatable bonds is 7. The van der Waals surface area contributed by atoms with Crippen LogP contribution in [0.25, 0.3) is 0 Å². The minimum Gasteiger partial charge on any atom is -0.486 e. The van der Waals surface area contributed by atoms with E-state index in [0.717, 1.165) is 15.4 Å². The summed E-state index contributed by atoms with van der Waals surface area (Å²) in [6, 6.07) is 20.4. The number of carbonyl (C=O) groups excluding carboxylic acids is 1. The van der Waals surface area contributed by atoms with Gasteiger partial charge in [-0.15, -0.1) is 0 Å². The van der Waals surface area contributed by atoms with Crippen molar-refractivity contribution in [3.05, 3.63) is 83.9 Å². The van der Waals surface area contributed by atoms with Gasteiger partial charge in [0.2, 0.25) is 0 Å². The molecule has 0 bridgehead atoms. The molecule has 34 heavy (non-hydrogen) atoms. The molecule has 0 fully saturated rings. The Hall–Kier alpha value is -3.85. The zero-order valence-corrected chi connectivity index (χ0v) is 19.7. The predicted molar refractivity (Wildman–Crippen MR) is 130 cm³/mol. The third-order valence-electron chi connectivity index (χ3n) is 5.22. The van der Waals surface area contributed by atoms with Crippen LogP contribution in [0.5, 0.6) is 11.5 Å². The molecule has 176 valence electrons. The van der Waals surface area contributed by atoms with E-state index in [0.29, 0.717) is 36.1 Å². The molecule has 1 aliphatic rings. The Balaban J connectivity index is 1.55. The molecule has 1 amide bonds. The molecule has 0 saturated heterocycles. The lowest BCUT2D eigenvalue weighted by Gasteiger charge is -2.24. The largest absolute Gasteiger partial charge is 0.486 e. The van der Waals surface area contributed by atoms with Gasteiger partial charge in [-0.1, -0.05) is 30.3 Å². The van der Waals surface area contributed by atoms with E-state index in [1.807, 2.05) is 19.1 Å². The summed E-state index contributed by atoms with van der Waals surface area (Å²) in [5, 5.41) is 4.16. The lowest BCUT2D eigenvalue weighted by atomic mass is 10.1. The highest BCUT2D eigenvalue weighted by Crippen LogP contribution is 2.31. The van der Waals surface area contributed by atoms with Crippen molar-refractivity contribution in [2.45, 2.75) is 18.7 Å². The van der Waals surface area contributed by atoms with E-state index in [9.17, 15) is 13.2 Å². The van der Waals surface area contributed by atoms with Crippen LogP contribution in [0.15, 0.2) is 82.8 Å². The van der Waals surface area contributed by atoms with Gasteiger partial charge in [0.1, 0.15) is 19.8 Å². The number of sulfonamides is 1. The van der Waals surface area contributed by atoms with Crippen molar-refractivity contribution in [2.75, 3.05) is 24.1 Å². The molecule has 3 aromatic rings. The van der Waals surface area contributed by atoms with Crippen LogP contribution < -0.4 is 19.2 Å². The number of fused-ring (bicyclic) bond motifs is 1. The van der Waals surface area contributed by atoms with Crippen LogP contribution in [-0.4, -0.2) is 39.8 Å². The zero-order valence-electron chi connectivity index (χ0n) is 18.9. The lowest BCUT2D eigenvalue weighted by Crippen LogP contribution is -2.39. The van der Waals surface area contributed by atoms with E-state index < -0.39 is 22.5 Å². The number of hydrazone groups is 1. The highest BCUT2D eigenvalue weighted by molar-refractivity contribution is 7.92. The molecule has 3 aromatic carbocycles. The number of nitrogens with zero attached hydrogens (tertiary/aromatic N) is 2. The first-order chi connectivity index (χ1) is 16.3. The smallest absolute Gasteiger partial charge is 0.264 e. The van der Waals surface area contributed by atoms with Crippen LogP contribution in [-0.2, 0) is 14.8 Å². The monoisotopic (exact) mass is 479 g/mol. The van der Waals surface area contributed by atoms with Crippen molar-refractivity contribution in [3.63, 3.8) is 0 Å². The van der Waals surface area contributed by atoms with Crippen LogP contribution >= 0.6 is 0 Å². The highest BCUT2D eigenvalue weighted by atomic mass is 32.2. The second kappa shape index (κ2) is 9.96. The minimum absolute atomic E-state index is 0.0975. The van der Waals surface area contributed by atoms with Gasteiger partial charge in [-0.3, -0.25) is 9.10 Å². The normalized spacial score (nSPS) is 13.3. The van der Waals surface area contributed by atoms with Crippen LogP contribution in [0.4, 0.5) is 5.69 Å². The summed E-state index contributed by atoms with van der Waals surface area (Å²) in [5.41, 5.74) is 5.03. The second-order valence-electron chi connectivity index (χ2n) is 7.75. The Labute approximate surface area is 198 Å². The fourth-order valence-electron chi connectivity index (χ4n) is 3.46. The van der Waals surface area contributed by atoms with Crippen molar-refractivity contribution in [2.24, 2.45) is 5.10 Å². The quantitative estimate of drug-likeness (QED) is 0.413. The van der Waals surface area contributed by atoms with Gasteiger partial charge >= 0.3 is 0 Å². The van der Waals surface area contributed by atoms with Crippen LogP contribution in [0, 0.1) is 6.92 Å². The maximum Gasteiger partial charge on any atom is 0.264 e. The molecule has 0 spiro atoms. The molecule has 0 unspecified atom stereocenters. The SMILES string of the molecule is C/C(=N/NC(=O)CN(c1cccc(C)c1)S(=O)(=O)c1ccccc1)c1ccc2c(c1)OCCO2. The standard InChI is InChI=1S/C25H25N3O5S/c1-18-7-6-8-21(15-18)28(34(30,31)22-9-4-3-5-10-22)17-25(29)27-26-19(2)20-11-12-23-24(16-20)33-14-13-32-23/h3-12,15-16H,13-14,17H2,1-2H3,(H,27,29)/b26-19-. The zero-order chi connectivity index (χ0) is 24.1. The Morgan fingerprint density at radius 1 is 0.971 bits per heavy atom. The predicted octanol–water partition coefficient (Wildman–Crippen LogP) is 3.50. The van der Waals surface area contributed by atoms with E-state index in [-0.39, 0.29) is 4.90 Å². The third kappa shape index (κ3) is 5.20. The van der Waals surface area contributed by atoms with Gasteiger partial charge < -0.3 is 9.47 Å². The number of anilines is 1. The molecule has 8 nitrogen and oxygen atoms in total. The topological polar surface area (TPSA) is 97.3 Å². The average Bonchev–Trinajstić information content (AvgIpc) is 2.86. The molecule has 4 rings (SSSR count). The highest BCUT2D eigenvalue weighted by Gasteiger charge is 2.27. The fourth-order valence-corrected chi connectivity index (χ4v) is 4.90. The van der Waals surface area contributed by atoms with Gasteiger partial charge in [0.05, 0.1) is 16.3 Å². The van der Waals surface area contributed by atoms with Crippen molar-refractivity contribution in [3.8, 4) is 11.5 Å². The minimum atomic E-state index is -3.97. The number of ether oxygens (including phenoxy) is 2. The van der Waals surface area contributed by atoms with Gasteiger partial charge in [0.15, 0.2) is 11.5 Å². The van der Waals surface area contributed by atoms with Crippen molar-refractivity contribution < 1.29 is 22.7 Å². The molecule has 0 aliphatic carbocycles. The van der Waals surface area contributed by atoms with E-state index in [4.69, 9.17) is 9.47 Å².